The third kappa shape index (κ3) is 6.02. The molecule has 0 aromatic heterocycles. The number of rotatable bonds is 5. The number of carbonyl (C=O) groups excluding carboxylic acids is 2. The molecule has 0 bridgehead atoms. The molecule has 2 rings (SSSR count). The first-order valence-electron chi connectivity index (χ1n) is 8.39. The first-order valence-corrected chi connectivity index (χ1v) is 8.39. The van der Waals surface area contributed by atoms with Gasteiger partial charge in [0.25, 0.3) is 0 Å². The number of nitrogens with one attached hydrogen (secondary N) is 2. The topological polar surface area (TPSA) is 61.4 Å². The van der Waals surface area contributed by atoms with Crippen LogP contribution in [0.1, 0.15) is 32.3 Å². The van der Waals surface area contributed by atoms with Crippen LogP contribution in [0.15, 0.2) is 30.3 Å². The Labute approximate surface area is 138 Å². The number of benzene rings is 1. The minimum atomic E-state index is -0.540. The standard InChI is InChI=1S/C18H27N3O2/c1-14(2)20-18(23)17(22)19-12-15-8-10-21(11-9-15)13-16-6-4-3-5-7-16/h3-7,14-15H,8-13H2,1-2H3,(H,19,22)(H,20,23). The molecule has 0 radical (unpaired) electrons. The van der Waals surface area contributed by atoms with Gasteiger partial charge in [-0.05, 0) is 51.3 Å². The Balaban J connectivity index is 1.67. The number of hydrogen-bond acceptors (Lipinski definition) is 3. The lowest BCUT2D eigenvalue weighted by Crippen LogP contribution is -2.45. The highest BCUT2D eigenvalue weighted by Crippen LogP contribution is 2.18. The second kappa shape index (κ2) is 8.67. The van der Waals surface area contributed by atoms with Gasteiger partial charge < -0.3 is 10.6 Å². The third-order valence-electron chi connectivity index (χ3n) is 4.13. The predicted molar refractivity (Wildman–Crippen MR) is 90.7 cm³/mol. The highest BCUT2D eigenvalue weighted by molar-refractivity contribution is 6.35. The number of carbonyl (C=O) groups is 2. The zero-order valence-corrected chi connectivity index (χ0v) is 14.0. The van der Waals surface area contributed by atoms with E-state index in [0.29, 0.717) is 12.5 Å². The number of likely N-dealkylation sites (tertiary alicyclic amines) is 1. The molecule has 23 heavy (non-hydrogen) atoms. The number of nitrogens with zero attached hydrogens (tertiary/aromatic N) is 1. The van der Waals surface area contributed by atoms with Crippen molar-refractivity contribution in [3.8, 4) is 0 Å². The van der Waals surface area contributed by atoms with E-state index in [9.17, 15) is 9.59 Å². The van der Waals surface area contributed by atoms with Gasteiger partial charge >= 0.3 is 11.8 Å². The normalized spacial score (nSPS) is 16.3. The molecule has 0 spiro atoms. The molecule has 5 heteroatoms. The SMILES string of the molecule is CC(C)NC(=O)C(=O)NCC1CCN(Cc2ccccc2)CC1. The van der Waals surface area contributed by atoms with Crippen LogP contribution >= 0.6 is 0 Å². The fraction of sp³-hybridized carbons (Fsp3) is 0.556. The minimum absolute atomic E-state index is 0.0190. The predicted octanol–water partition coefficient (Wildman–Crippen LogP) is 1.54. The van der Waals surface area contributed by atoms with Gasteiger partial charge in [-0.15, -0.1) is 0 Å². The average molecular weight is 317 g/mol. The van der Waals surface area contributed by atoms with E-state index in [0.717, 1.165) is 32.5 Å². The zero-order valence-electron chi connectivity index (χ0n) is 14.0. The summed E-state index contributed by atoms with van der Waals surface area (Å²) in [7, 11) is 0. The summed E-state index contributed by atoms with van der Waals surface area (Å²) < 4.78 is 0. The van der Waals surface area contributed by atoms with Crippen molar-refractivity contribution >= 4 is 11.8 Å². The summed E-state index contributed by atoms with van der Waals surface area (Å²) in [6.45, 7) is 7.32. The number of amides is 2. The smallest absolute Gasteiger partial charge is 0.309 e. The summed E-state index contributed by atoms with van der Waals surface area (Å²) in [6, 6.07) is 10.5. The van der Waals surface area contributed by atoms with Crippen LogP contribution in [0.2, 0.25) is 0 Å². The van der Waals surface area contributed by atoms with E-state index >= 15 is 0 Å². The highest BCUT2D eigenvalue weighted by Gasteiger charge is 2.21. The Bertz CT molecular complexity index is 508. The lowest BCUT2D eigenvalue weighted by atomic mass is 9.96. The molecule has 1 aliphatic heterocycles. The van der Waals surface area contributed by atoms with Crippen LogP contribution in [0, 0.1) is 5.92 Å². The van der Waals surface area contributed by atoms with Crippen molar-refractivity contribution in [1.29, 1.82) is 0 Å². The van der Waals surface area contributed by atoms with Gasteiger partial charge in [0.05, 0.1) is 0 Å². The monoisotopic (exact) mass is 317 g/mol. The summed E-state index contributed by atoms with van der Waals surface area (Å²) in [5.41, 5.74) is 1.34. The zero-order chi connectivity index (χ0) is 16.7. The van der Waals surface area contributed by atoms with Crippen molar-refractivity contribution in [1.82, 2.24) is 15.5 Å². The lowest BCUT2D eigenvalue weighted by molar-refractivity contribution is -0.139. The summed E-state index contributed by atoms with van der Waals surface area (Å²) in [5, 5.41) is 5.36. The molecule has 1 aromatic carbocycles. The Morgan fingerprint density at radius 2 is 1.78 bits per heavy atom. The van der Waals surface area contributed by atoms with Gasteiger partial charge in [0.15, 0.2) is 0 Å². The Kier molecular flexibility index (Phi) is 6.59. The maximum absolute atomic E-state index is 11.7. The van der Waals surface area contributed by atoms with Gasteiger partial charge in [-0.1, -0.05) is 30.3 Å². The van der Waals surface area contributed by atoms with Crippen LogP contribution in [0.25, 0.3) is 0 Å². The fourth-order valence-corrected chi connectivity index (χ4v) is 2.84. The number of piperidine rings is 1. The molecule has 2 amide bonds. The van der Waals surface area contributed by atoms with Gasteiger partial charge in [0, 0.05) is 19.1 Å². The summed E-state index contributed by atoms with van der Waals surface area (Å²) in [5.74, 6) is -0.607. The van der Waals surface area contributed by atoms with Gasteiger partial charge in [0.2, 0.25) is 0 Å². The second-order valence-corrected chi connectivity index (χ2v) is 6.54. The molecule has 0 atom stereocenters. The molecule has 0 unspecified atom stereocenters. The van der Waals surface area contributed by atoms with E-state index in [2.05, 4.69) is 39.8 Å². The van der Waals surface area contributed by atoms with Crippen molar-refractivity contribution in [3.05, 3.63) is 35.9 Å². The van der Waals surface area contributed by atoms with E-state index in [1.165, 1.54) is 5.56 Å². The molecular formula is C18H27N3O2. The van der Waals surface area contributed by atoms with E-state index in [4.69, 9.17) is 0 Å². The lowest BCUT2D eigenvalue weighted by Gasteiger charge is -2.32. The molecule has 2 N–H and O–H groups in total. The van der Waals surface area contributed by atoms with Crippen LogP contribution in [0.4, 0.5) is 0 Å². The molecule has 126 valence electrons. The summed E-state index contributed by atoms with van der Waals surface area (Å²) in [4.78, 5) is 25.7. The van der Waals surface area contributed by atoms with Crippen LogP contribution in [-0.2, 0) is 16.1 Å². The maximum Gasteiger partial charge on any atom is 0.309 e. The molecule has 1 fully saturated rings. The number of hydrogen-bond donors (Lipinski definition) is 2. The van der Waals surface area contributed by atoms with E-state index in [-0.39, 0.29) is 6.04 Å². The molecule has 1 heterocycles. The van der Waals surface area contributed by atoms with Crippen LogP contribution in [-0.4, -0.2) is 42.4 Å². The molecule has 0 aliphatic carbocycles. The third-order valence-corrected chi connectivity index (χ3v) is 4.13. The molecule has 1 aliphatic rings. The van der Waals surface area contributed by atoms with Crippen molar-refractivity contribution in [3.63, 3.8) is 0 Å². The van der Waals surface area contributed by atoms with Crippen molar-refractivity contribution in [2.45, 2.75) is 39.3 Å². The van der Waals surface area contributed by atoms with Crippen LogP contribution in [0.3, 0.4) is 0 Å². The molecular weight excluding hydrogens is 290 g/mol. The first-order chi connectivity index (χ1) is 11.0. The molecule has 0 saturated carbocycles. The quantitative estimate of drug-likeness (QED) is 0.810. The highest BCUT2D eigenvalue weighted by atomic mass is 16.2. The largest absolute Gasteiger partial charge is 0.348 e. The average Bonchev–Trinajstić information content (AvgIpc) is 2.54. The Morgan fingerprint density at radius 1 is 1.13 bits per heavy atom. The van der Waals surface area contributed by atoms with E-state index < -0.39 is 11.8 Å². The summed E-state index contributed by atoms with van der Waals surface area (Å²) >= 11 is 0. The van der Waals surface area contributed by atoms with Crippen LogP contribution < -0.4 is 10.6 Å². The van der Waals surface area contributed by atoms with Gasteiger partial charge in [-0.2, -0.15) is 0 Å². The molecule has 5 nitrogen and oxygen atoms in total. The van der Waals surface area contributed by atoms with E-state index in [1.54, 1.807) is 0 Å². The van der Waals surface area contributed by atoms with Gasteiger partial charge in [-0.3, -0.25) is 14.5 Å². The maximum atomic E-state index is 11.7. The van der Waals surface area contributed by atoms with Crippen LogP contribution in [0.5, 0.6) is 0 Å². The van der Waals surface area contributed by atoms with Gasteiger partial charge in [-0.25, -0.2) is 0 Å². The van der Waals surface area contributed by atoms with Gasteiger partial charge in [0.1, 0.15) is 0 Å². The Morgan fingerprint density at radius 3 is 2.39 bits per heavy atom. The van der Waals surface area contributed by atoms with Crippen molar-refractivity contribution in [2.75, 3.05) is 19.6 Å². The molecule has 1 aromatic rings. The fourth-order valence-electron chi connectivity index (χ4n) is 2.84. The van der Waals surface area contributed by atoms with E-state index in [1.807, 2.05) is 19.9 Å². The van der Waals surface area contributed by atoms with Crippen molar-refractivity contribution < 1.29 is 9.59 Å². The summed E-state index contributed by atoms with van der Waals surface area (Å²) in [6.07, 6.45) is 2.11. The minimum Gasteiger partial charge on any atom is -0.348 e. The molecule has 1 saturated heterocycles. The first kappa shape index (κ1) is 17.5. The Hall–Kier alpha value is -1.88. The second-order valence-electron chi connectivity index (χ2n) is 6.54. The van der Waals surface area contributed by atoms with Crippen molar-refractivity contribution in [2.24, 2.45) is 5.92 Å².